The zero-order valence-electron chi connectivity index (χ0n) is 22.2. The van der Waals surface area contributed by atoms with Crippen LogP contribution in [-0.4, -0.2) is 10.9 Å². The van der Waals surface area contributed by atoms with Crippen LogP contribution in [0.5, 0.6) is 0 Å². The van der Waals surface area contributed by atoms with Gasteiger partial charge < -0.3 is 5.21 Å². The van der Waals surface area contributed by atoms with Gasteiger partial charge in [0, 0.05) is 5.41 Å². The smallest absolute Gasteiger partial charge is 0.0630 e. The lowest BCUT2D eigenvalue weighted by Crippen LogP contribution is -2.64. The number of oxime groups is 1. The zero-order chi connectivity index (χ0) is 23.3. The second kappa shape index (κ2) is 6.88. The number of rotatable bonds is 0. The van der Waals surface area contributed by atoms with E-state index in [-0.39, 0.29) is 5.41 Å². The summed E-state index contributed by atoms with van der Waals surface area (Å²) in [6.07, 6.45) is 14.5. The SMILES string of the molecule is C[C@H]1[C@H](C)CC[C@]2(C)CC[C@]3(C)C(=CC[C@@H]4[C@@]5(C)CC/C(=N\O)C(C)(C)[C@H]5CC[C@]43C)[C@H]12. The highest BCUT2D eigenvalue weighted by molar-refractivity contribution is 5.90. The molecule has 0 heterocycles. The van der Waals surface area contributed by atoms with E-state index in [0.717, 1.165) is 35.8 Å². The summed E-state index contributed by atoms with van der Waals surface area (Å²) in [4.78, 5) is 0. The van der Waals surface area contributed by atoms with E-state index in [4.69, 9.17) is 0 Å². The molecule has 0 aliphatic heterocycles. The van der Waals surface area contributed by atoms with Gasteiger partial charge in [-0.1, -0.05) is 72.2 Å². The Kier molecular flexibility index (Phi) is 4.94. The van der Waals surface area contributed by atoms with Crippen LogP contribution in [0.4, 0.5) is 0 Å². The molecular weight excluding hydrogens is 390 g/mol. The van der Waals surface area contributed by atoms with Gasteiger partial charge in [0.15, 0.2) is 0 Å². The summed E-state index contributed by atoms with van der Waals surface area (Å²) in [6, 6.07) is 0. The maximum Gasteiger partial charge on any atom is 0.0630 e. The minimum Gasteiger partial charge on any atom is -0.411 e. The average Bonchev–Trinajstić information content (AvgIpc) is 2.72. The van der Waals surface area contributed by atoms with Crippen LogP contribution in [0.15, 0.2) is 16.8 Å². The molecule has 32 heavy (non-hydrogen) atoms. The second-order valence-electron chi connectivity index (χ2n) is 14.6. The highest BCUT2D eigenvalue weighted by atomic mass is 16.4. The Hall–Kier alpha value is -0.790. The maximum absolute atomic E-state index is 9.74. The summed E-state index contributed by atoms with van der Waals surface area (Å²) in [7, 11) is 0. The van der Waals surface area contributed by atoms with Gasteiger partial charge in [-0.05, 0) is 109 Å². The molecule has 0 aromatic heterocycles. The first-order valence-corrected chi connectivity index (χ1v) is 13.8. The van der Waals surface area contributed by atoms with Crippen molar-refractivity contribution in [1.29, 1.82) is 0 Å². The Morgan fingerprint density at radius 3 is 2.28 bits per heavy atom. The molecule has 5 aliphatic carbocycles. The summed E-state index contributed by atoms with van der Waals surface area (Å²) < 4.78 is 0. The van der Waals surface area contributed by atoms with Crippen LogP contribution in [0.25, 0.3) is 0 Å². The zero-order valence-corrected chi connectivity index (χ0v) is 22.2. The number of allylic oxidation sites excluding steroid dienone is 2. The first-order valence-electron chi connectivity index (χ1n) is 13.8. The van der Waals surface area contributed by atoms with E-state index in [9.17, 15) is 5.21 Å². The quantitative estimate of drug-likeness (QED) is 0.229. The highest BCUT2D eigenvalue weighted by Crippen LogP contribution is 2.75. The van der Waals surface area contributed by atoms with E-state index in [1.165, 1.54) is 51.4 Å². The summed E-state index contributed by atoms with van der Waals surface area (Å²) in [6.45, 7) is 20.4. The van der Waals surface area contributed by atoms with E-state index in [1.54, 1.807) is 0 Å². The lowest BCUT2D eigenvalue weighted by Gasteiger charge is -2.71. The maximum atomic E-state index is 9.74. The Labute approximate surface area is 197 Å². The number of nitrogens with zero attached hydrogens (tertiary/aromatic N) is 1. The van der Waals surface area contributed by atoms with Gasteiger partial charge in [-0.15, -0.1) is 0 Å². The van der Waals surface area contributed by atoms with Crippen LogP contribution >= 0.6 is 0 Å². The number of fused-ring (bicyclic) bond motifs is 7. The Morgan fingerprint density at radius 2 is 1.59 bits per heavy atom. The molecule has 4 saturated carbocycles. The molecule has 180 valence electrons. The predicted octanol–water partition coefficient (Wildman–Crippen LogP) is 8.49. The van der Waals surface area contributed by atoms with Crippen molar-refractivity contribution in [3.63, 3.8) is 0 Å². The Morgan fingerprint density at radius 1 is 0.875 bits per heavy atom. The van der Waals surface area contributed by atoms with E-state index in [2.05, 4.69) is 66.6 Å². The lowest BCUT2D eigenvalue weighted by molar-refractivity contribution is -0.165. The fourth-order valence-corrected chi connectivity index (χ4v) is 10.8. The van der Waals surface area contributed by atoms with E-state index < -0.39 is 0 Å². The van der Waals surface area contributed by atoms with E-state index in [1.807, 2.05) is 5.57 Å². The molecular formula is C30H49NO. The Bertz CT molecular complexity index is 855. The standard InChI is InChI=1S/C30H49NO/c1-19-11-14-27(5)17-18-29(7)21(25(27)20(19)2)9-10-23-28(6)15-13-24(31-32)26(3,4)22(28)12-16-30(23,29)8/h9,19-20,22-23,25,32H,10-18H2,1-8H3/b31-24+/t19-,20+,22-,23-,25+,27-,28+,29-,30-/m1/s1. The van der Waals surface area contributed by atoms with Crippen molar-refractivity contribution in [3.05, 3.63) is 11.6 Å². The van der Waals surface area contributed by atoms with Crippen LogP contribution in [0.2, 0.25) is 0 Å². The highest BCUT2D eigenvalue weighted by Gasteiger charge is 2.67. The molecule has 0 aromatic rings. The average molecular weight is 440 g/mol. The molecule has 4 fully saturated rings. The normalized spacial score (nSPS) is 55.8. The molecule has 1 N–H and O–H groups in total. The van der Waals surface area contributed by atoms with Gasteiger partial charge in [0.25, 0.3) is 0 Å². The molecule has 0 aromatic carbocycles. The van der Waals surface area contributed by atoms with Crippen molar-refractivity contribution in [3.8, 4) is 0 Å². The van der Waals surface area contributed by atoms with Crippen molar-refractivity contribution >= 4 is 5.71 Å². The minimum atomic E-state index is 0.00638. The van der Waals surface area contributed by atoms with Crippen LogP contribution in [0.1, 0.15) is 113 Å². The molecule has 5 rings (SSSR count). The van der Waals surface area contributed by atoms with E-state index >= 15 is 0 Å². The van der Waals surface area contributed by atoms with Gasteiger partial charge >= 0.3 is 0 Å². The fourth-order valence-electron chi connectivity index (χ4n) is 10.8. The molecule has 0 spiro atoms. The third kappa shape index (κ3) is 2.62. The van der Waals surface area contributed by atoms with Crippen molar-refractivity contribution in [2.75, 3.05) is 0 Å². The molecule has 2 nitrogen and oxygen atoms in total. The van der Waals surface area contributed by atoms with E-state index in [0.29, 0.717) is 27.6 Å². The van der Waals surface area contributed by atoms with Gasteiger partial charge in [0.05, 0.1) is 5.71 Å². The van der Waals surface area contributed by atoms with Crippen LogP contribution in [0, 0.1) is 56.7 Å². The first kappa shape index (κ1) is 23.0. The van der Waals surface area contributed by atoms with Crippen molar-refractivity contribution in [2.24, 2.45) is 61.8 Å². The Balaban J connectivity index is 1.59. The first-order chi connectivity index (χ1) is 14.8. The summed E-state index contributed by atoms with van der Waals surface area (Å²) in [5.74, 6) is 3.80. The largest absolute Gasteiger partial charge is 0.411 e. The molecule has 5 aliphatic rings. The lowest BCUT2D eigenvalue weighted by atomic mass is 9.33. The molecule has 0 amide bonds. The minimum absolute atomic E-state index is 0.00638. The van der Waals surface area contributed by atoms with Crippen LogP contribution < -0.4 is 0 Å². The summed E-state index contributed by atoms with van der Waals surface area (Å²) in [5, 5.41) is 13.5. The topological polar surface area (TPSA) is 32.6 Å². The fraction of sp³-hybridized carbons (Fsp3) is 0.900. The molecule has 0 bridgehead atoms. The predicted molar refractivity (Wildman–Crippen MR) is 134 cm³/mol. The van der Waals surface area contributed by atoms with Crippen molar-refractivity contribution in [1.82, 2.24) is 0 Å². The van der Waals surface area contributed by atoms with Crippen molar-refractivity contribution < 1.29 is 5.21 Å². The van der Waals surface area contributed by atoms with Crippen molar-refractivity contribution in [2.45, 2.75) is 113 Å². The van der Waals surface area contributed by atoms with Gasteiger partial charge in [-0.3, -0.25) is 0 Å². The molecule has 2 heteroatoms. The summed E-state index contributed by atoms with van der Waals surface area (Å²) in [5.41, 5.74) is 4.50. The van der Waals surface area contributed by atoms with Gasteiger partial charge in [-0.25, -0.2) is 0 Å². The molecule has 0 unspecified atom stereocenters. The second-order valence-corrected chi connectivity index (χ2v) is 14.6. The van der Waals surface area contributed by atoms with Crippen LogP contribution in [-0.2, 0) is 0 Å². The van der Waals surface area contributed by atoms with Gasteiger partial charge in [-0.2, -0.15) is 0 Å². The molecule has 0 radical (unpaired) electrons. The number of hydrogen-bond donors (Lipinski definition) is 1. The third-order valence-electron chi connectivity index (χ3n) is 13.3. The van der Waals surface area contributed by atoms with Crippen LogP contribution in [0.3, 0.4) is 0 Å². The van der Waals surface area contributed by atoms with Gasteiger partial charge in [0.1, 0.15) is 0 Å². The molecule has 0 saturated heterocycles. The summed E-state index contributed by atoms with van der Waals surface area (Å²) >= 11 is 0. The number of hydrogen-bond acceptors (Lipinski definition) is 2. The van der Waals surface area contributed by atoms with Gasteiger partial charge in [0.2, 0.25) is 0 Å². The monoisotopic (exact) mass is 439 g/mol. The third-order valence-corrected chi connectivity index (χ3v) is 13.3. The molecule has 9 atom stereocenters.